The van der Waals surface area contributed by atoms with Crippen molar-refractivity contribution in [1.29, 1.82) is 0 Å². The summed E-state index contributed by atoms with van der Waals surface area (Å²) in [5.41, 5.74) is -0.894. The Labute approximate surface area is 102 Å². The summed E-state index contributed by atoms with van der Waals surface area (Å²) in [6, 6.07) is 3.03. The summed E-state index contributed by atoms with van der Waals surface area (Å²) in [6.45, 7) is 1.66. The molecule has 0 aliphatic carbocycles. The van der Waals surface area contributed by atoms with Gasteiger partial charge in [0.1, 0.15) is 5.75 Å². The summed E-state index contributed by atoms with van der Waals surface area (Å²) in [5.74, 6) is -2.62. The van der Waals surface area contributed by atoms with Gasteiger partial charge in [-0.15, -0.1) is 0 Å². The van der Waals surface area contributed by atoms with E-state index in [2.05, 4.69) is 0 Å². The van der Waals surface area contributed by atoms with Crippen molar-refractivity contribution in [1.82, 2.24) is 0 Å². The Bertz CT molecular complexity index is 441. The topological polar surface area (TPSA) is 57.5 Å². The molecule has 3 nitrogen and oxygen atoms in total. The number of benzene rings is 1. The number of alkyl halides is 3. The molecule has 18 heavy (non-hydrogen) atoms. The van der Waals surface area contributed by atoms with Gasteiger partial charge in [-0.3, -0.25) is 4.79 Å². The first-order valence-electron chi connectivity index (χ1n) is 5.37. The molecule has 0 saturated heterocycles. The zero-order chi connectivity index (χ0) is 13.9. The lowest BCUT2D eigenvalue weighted by Crippen LogP contribution is -2.16. The molecule has 0 spiro atoms. The van der Waals surface area contributed by atoms with Crippen LogP contribution >= 0.6 is 0 Å². The van der Waals surface area contributed by atoms with E-state index < -0.39 is 29.4 Å². The minimum absolute atomic E-state index is 0.00912. The Morgan fingerprint density at radius 1 is 1.39 bits per heavy atom. The molecule has 0 bridgehead atoms. The van der Waals surface area contributed by atoms with Gasteiger partial charge in [-0.2, -0.15) is 13.2 Å². The zero-order valence-corrected chi connectivity index (χ0v) is 9.66. The van der Waals surface area contributed by atoms with E-state index in [1.165, 1.54) is 6.07 Å². The maximum atomic E-state index is 12.5. The van der Waals surface area contributed by atoms with Crippen LogP contribution < -0.4 is 0 Å². The van der Waals surface area contributed by atoms with Gasteiger partial charge in [-0.1, -0.05) is 13.0 Å². The van der Waals surface area contributed by atoms with Crippen LogP contribution in [0.3, 0.4) is 0 Å². The maximum Gasteiger partial charge on any atom is 0.419 e. The van der Waals surface area contributed by atoms with E-state index in [9.17, 15) is 18.0 Å². The van der Waals surface area contributed by atoms with E-state index in [0.717, 1.165) is 12.1 Å². The van der Waals surface area contributed by atoms with Crippen LogP contribution in [-0.2, 0) is 17.4 Å². The molecule has 0 aliphatic rings. The number of hydrogen-bond donors (Lipinski definition) is 2. The fourth-order valence-electron chi connectivity index (χ4n) is 1.63. The van der Waals surface area contributed by atoms with E-state index >= 15 is 0 Å². The minimum atomic E-state index is -4.65. The molecule has 1 aromatic rings. The second-order valence-electron chi connectivity index (χ2n) is 4.00. The van der Waals surface area contributed by atoms with E-state index in [4.69, 9.17) is 10.2 Å². The van der Waals surface area contributed by atoms with Crippen molar-refractivity contribution in [2.75, 3.05) is 0 Å². The summed E-state index contributed by atoms with van der Waals surface area (Å²) >= 11 is 0. The molecule has 1 aromatic carbocycles. The Morgan fingerprint density at radius 2 is 2.00 bits per heavy atom. The average molecular weight is 262 g/mol. The lowest BCUT2D eigenvalue weighted by Gasteiger charge is -2.13. The molecule has 0 saturated carbocycles. The molecule has 0 amide bonds. The SMILES string of the molecule is CCC(Cc1ccc(O)c(C(F)(F)F)c1)C(=O)O. The number of phenols is 1. The first kappa shape index (κ1) is 14.3. The summed E-state index contributed by atoms with van der Waals surface area (Å²) in [6.07, 6.45) is -4.31. The molecule has 0 aromatic heterocycles. The van der Waals surface area contributed by atoms with Crippen LogP contribution in [0.15, 0.2) is 18.2 Å². The standard InChI is InChI=1S/C12H13F3O3/c1-2-8(11(17)18)5-7-3-4-10(16)9(6-7)12(13,14)15/h3-4,6,8,16H,2,5H2,1H3,(H,17,18). The quantitative estimate of drug-likeness (QED) is 0.876. The highest BCUT2D eigenvalue weighted by atomic mass is 19.4. The highest BCUT2D eigenvalue weighted by molar-refractivity contribution is 5.70. The Kier molecular flexibility index (Phi) is 4.21. The van der Waals surface area contributed by atoms with Crippen LogP contribution in [0.5, 0.6) is 5.75 Å². The zero-order valence-electron chi connectivity index (χ0n) is 9.66. The van der Waals surface area contributed by atoms with Crippen LogP contribution in [0.4, 0.5) is 13.2 Å². The summed E-state index contributed by atoms with van der Waals surface area (Å²) in [7, 11) is 0. The van der Waals surface area contributed by atoms with Gasteiger partial charge in [0.25, 0.3) is 0 Å². The molecule has 1 rings (SSSR count). The first-order valence-corrected chi connectivity index (χ1v) is 5.37. The molecule has 6 heteroatoms. The number of hydrogen-bond acceptors (Lipinski definition) is 2. The molecule has 2 N–H and O–H groups in total. The molecule has 0 heterocycles. The van der Waals surface area contributed by atoms with Crippen LogP contribution in [0.2, 0.25) is 0 Å². The number of halogens is 3. The van der Waals surface area contributed by atoms with Crippen molar-refractivity contribution in [2.45, 2.75) is 25.9 Å². The average Bonchev–Trinajstić information content (AvgIpc) is 2.25. The number of carboxylic acids is 1. The lowest BCUT2D eigenvalue weighted by molar-refractivity contribution is -0.141. The van der Waals surface area contributed by atoms with Crippen molar-refractivity contribution in [3.05, 3.63) is 29.3 Å². The number of aromatic hydroxyl groups is 1. The van der Waals surface area contributed by atoms with Crippen molar-refractivity contribution < 1.29 is 28.2 Å². The number of aliphatic carboxylic acids is 1. The fraction of sp³-hybridized carbons (Fsp3) is 0.417. The van der Waals surface area contributed by atoms with Gasteiger partial charge < -0.3 is 10.2 Å². The van der Waals surface area contributed by atoms with Gasteiger partial charge in [0.05, 0.1) is 11.5 Å². The second kappa shape index (κ2) is 5.29. The molecule has 100 valence electrons. The third kappa shape index (κ3) is 3.38. The molecular formula is C12H13F3O3. The predicted molar refractivity (Wildman–Crippen MR) is 58.2 cm³/mol. The van der Waals surface area contributed by atoms with Crippen molar-refractivity contribution in [2.24, 2.45) is 5.92 Å². The second-order valence-corrected chi connectivity index (χ2v) is 4.00. The van der Waals surface area contributed by atoms with Gasteiger partial charge >= 0.3 is 12.1 Å². The van der Waals surface area contributed by atoms with Gasteiger partial charge in [0.15, 0.2) is 0 Å². The Hall–Kier alpha value is -1.72. The monoisotopic (exact) mass is 262 g/mol. The largest absolute Gasteiger partial charge is 0.507 e. The minimum Gasteiger partial charge on any atom is -0.507 e. The third-order valence-corrected chi connectivity index (χ3v) is 2.69. The molecule has 0 radical (unpaired) electrons. The predicted octanol–water partition coefficient (Wildman–Crippen LogP) is 3.06. The Morgan fingerprint density at radius 3 is 2.44 bits per heavy atom. The van der Waals surface area contributed by atoms with Gasteiger partial charge in [-0.05, 0) is 30.5 Å². The van der Waals surface area contributed by atoms with E-state index in [1.54, 1.807) is 6.92 Å². The summed E-state index contributed by atoms with van der Waals surface area (Å²) < 4.78 is 37.6. The lowest BCUT2D eigenvalue weighted by atomic mass is 9.95. The third-order valence-electron chi connectivity index (χ3n) is 2.69. The summed E-state index contributed by atoms with van der Waals surface area (Å²) in [5, 5.41) is 18.0. The number of phenolic OH excluding ortho intramolecular Hbond substituents is 1. The first-order chi connectivity index (χ1) is 8.25. The normalized spacial score (nSPS) is 13.3. The van der Waals surface area contributed by atoms with Crippen LogP contribution in [-0.4, -0.2) is 16.2 Å². The highest BCUT2D eigenvalue weighted by Crippen LogP contribution is 2.36. The molecular weight excluding hydrogens is 249 g/mol. The maximum absolute atomic E-state index is 12.5. The van der Waals surface area contributed by atoms with E-state index in [1.807, 2.05) is 0 Å². The van der Waals surface area contributed by atoms with Crippen LogP contribution in [0.25, 0.3) is 0 Å². The fourth-order valence-corrected chi connectivity index (χ4v) is 1.63. The molecule has 1 unspecified atom stereocenters. The van der Waals surface area contributed by atoms with Crippen molar-refractivity contribution in [3.63, 3.8) is 0 Å². The summed E-state index contributed by atoms with van der Waals surface area (Å²) in [4.78, 5) is 10.8. The van der Waals surface area contributed by atoms with E-state index in [0.29, 0.717) is 6.42 Å². The van der Waals surface area contributed by atoms with Crippen molar-refractivity contribution in [3.8, 4) is 5.75 Å². The van der Waals surface area contributed by atoms with Crippen LogP contribution in [0.1, 0.15) is 24.5 Å². The Balaban J connectivity index is 3.02. The number of rotatable bonds is 4. The molecule has 0 aliphatic heterocycles. The highest BCUT2D eigenvalue weighted by Gasteiger charge is 2.34. The van der Waals surface area contributed by atoms with Crippen molar-refractivity contribution >= 4 is 5.97 Å². The molecule has 0 fully saturated rings. The number of carbonyl (C=O) groups is 1. The van der Waals surface area contributed by atoms with Gasteiger partial charge in [0, 0.05) is 0 Å². The van der Waals surface area contributed by atoms with Crippen LogP contribution in [0, 0.1) is 5.92 Å². The van der Waals surface area contributed by atoms with E-state index in [-0.39, 0.29) is 12.0 Å². The van der Waals surface area contributed by atoms with Gasteiger partial charge in [-0.25, -0.2) is 0 Å². The number of carboxylic acid groups (broad SMARTS) is 1. The molecule has 1 atom stereocenters. The van der Waals surface area contributed by atoms with Gasteiger partial charge in [0.2, 0.25) is 0 Å². The smallest absolute Gasteiger partial charge is 0.419 e.